The maximum Gasteiger partial charge on any atom is 0.225 e. The fourth-order valence-electron chi connectivity index (χ4n) is 4.10. The Morgan fingerprint density at radius 2 is 1.60 bits per heavy atom. The maximum absolute atomic E-state index is 4.88. The minimum atomic E-state index is 0.400. The molecule has 6 heteroatoms. The van der Waals surface area contributed by atoms with Crippen molar-refractivity contribution in [2.24, 2.45) is 0 Å². The molecule has 0 N–H and O–H groups in total. The number of hydrogen-bond acceptors (Lipinski definition) is 6. The molecule has 1 aliphatic rings. The number of nitrogens with zero attached hydrogens (tertiary/aromatic N) is 6. The predicted octanol–water partition coefficient (Wildman–Crippen LogP) is 4.19. The number of rotatable bonds is 4. The van der Waals surface area contributed by atoms with E-state index < -0.39 is 0 Å². The molecule has 1 fully saturated rings. The largest absolute Gasteiger partial charge is 0.341 e. The van der Waals surface area contributed by atoms with E-state index in [1.165, 1.54) is 10.8 Å². The molecule has 1 aliphatic heterocycles. The van der Waals surface area contributed by atoms with Crippen LogP contribution in [-0.2, 0) is 0 Å². The van der Waals surface area contributed by atoms with Gasteiger partial charge in [-0.2, -0.15) is 0 Å². The van der Waals surface area contributed by atoms with Gasteiger partial charge in [-0.3, -0.25) is 0 Å². The number of benzene rings is 2. The van der Waals surface area contributed by atoms with Crippen LogP contribution < -0.4 is 9.80 Å². The highest BCUT2D eigenvalue weighted by Gasteiger charge is 2.25. The van der Waals surface area contributed by atoms with E-state index in [0.29, 0.717) is 6.04 Å². The molecular weight excluding hydrogens is 372 g/mol. The van der Waals surface area contributed by atoms with E-state index in [1.54, 1.807) is 12.4 Å². The minimum absolute atomic E-state index is 0.400. The molecular formula is C24H24N6. The summed E-state index contributed by atoms with van der Waals surface area (Å²) in [5.74, 6) is 1.59. The van der Waals surface area contributed by atoms with Crippen LogP contribution in [-0.4, -0.2) is 46.1 Å². The van der Waals surface area contributed by atoms with Crippen molar-refractivity contribution in [3.8, 4) is 11.3 Å². The number of fused-ring (bicyclic) bond motifs is 1. The van der Waals surface area contributed by atoms with Gasteiger partial charge in [-0.15, -0.1) is 0 Å². The number of anilines is 2. The predicted molar refractivity (Wildman–Crippen MR) is 121 cm³/mol. The molecule has 0 radical (unpaired) electrons. The molecule has 0 atom stereocenters. The van der Waals surface area contributed by atoms with Gasteiger partial charge in [-0.1, -0.05) is 36.4 Å². The molecule has 30 heavy (non-hydrogen) atoms. The summed E-state index contributed by atoms with van der Waals surface area (Å²) in [6.45, 7) is 1.87. The van der Waals surface area contributed by atoms with Crippen LogP contribution in [0.3, 0.4) is 0 Å². The van der Waals surface area contributed by atoms with Crippen LogP contribution in [0.15, 0.2) is 73.2 Å². The highest BCUT2D eigenvalue weighted by atomic mass is 15.3. The summed E-state index contributed by atoms with van der Waals surface area (Å²) >= 11 is 0. The van der Waals surface area contributed by atoms with Crippen LogP contribution >= 0.6 is 0 Å². The molecule has 0 bridgehead atoms. The third-order valence-electron chi connectivity index (χ3n) is 5.85. The van der Waals surface area contributed by atoms with Crippen molar-refractivity contribution in [3.63, 3.8) is 0 Å². The van der Waals surface area contributed by atoms with E-state index in [4.69, 9.17) is 4.98 Å². The van der Waals surface area contributed by atoms with Crippen molar-refractivity contribution in [2.45, 2.75) is 18.9 Å². The Morgan fingerprint density at radius 3 is 2.40 bits per heavy atom. The molecule has 2 aromatic heterocycles. The summed E-state index contributed by atoms with van der Waals surface area (Å²) in [4.78, 5) is 22.6. The molecule has 5 rings (SSSR count). The van der Waals surface area contributed by atoms with Gasteiger partial charge in [0.2, 0.25) is 11.9 Å². The van der Waals surface area contributed by atoms with Crippen LogP contribution in [0.2, 0.25) is 0 Å². The molecule has 6 nitrogen and oxygen atoms in total. The first-order chi connectivity index (χ1) is 14.8. The van der Waals surface area contributed by atoms with Crippen LogP contribution in [0, 0.1) is 0 Å². The zero-order valence-corrected chi connectivity index (χ0v) is 17.0. The first-order valence-corrected chi connectivity index (χ1v) is 10.3. The van der Waals surface area contributed by atoms with Gasteiger partial charge >= 0.3 is 0 Å². The van der Waals surface area contributed by atoms with Gasteiger partial charge in [0.1, 0.15) is 0 Å². The van der Waals surface area contributed by atoms with Gasteiger partial charge < -0.3 is 9.80 Å². The first-order valence-electron chi connectivity index (χ1n) is 10.3. The van der Waals surface area contributed by atoms with Gasteiger partial charge in [0.15, 0.2) is 0 Å². The van der Waals surface area contributed by atoms with Crippen LogP contribution in [0.5, 0.6) is 0 Å². The van der Waals surface area contributed by atoms with E-state index in [1.807, 2.05) is 18.3 Å². The van der Waals surface area contributed by atoms with Crippen molar-refractivity contribution in [1.29, 1.82) is 0 Å². The third kappa shape index (κ3) is 3.68. The topological polar surface area (TPSA) is 58.0 Å². The Bertz CT molecular complexity index is 1140. The Labute approximate surface area is 176 Å². The normalized spacial score (nSPS) is 14.8. The lowest BCUT2D eigenvalue weighted by Crippen LogP contribution is -2.44. The number of piperidine rings is 1. The monoisotopic (exact) mass is 396 g/mol. The van der Waals surface area contributed by atoms with Gasteiger partial charge in [-0.25, -0.2) is 19.9 Å². The average molecular weight is 396 g/mol. The lowest BCUT2D eigenvalue weighted by Gasteiger charge is -2.36. The second kappa shape index (κ2) is 8.06. The fraction of sp³-hybridized carbons (Fsp3) is 0.250. The molecule has 2 aromatic carbocycles. The molecule has 3 heterocycles. The van der Waals surface area contributed by atoms with Crippen LogP contribution in [0.4, 0.5) is 11.9 Å². The van der Waals surface area contributed by atoms with Gasteiger partial charge in [0, 0.05) is 50.3 Å². The summed E-state index contributed by atoms with van der Waals surface area (Å²) in [6.07, 6.45) is 7.51. The SMILES string of the molecule is CN(c1nccc(-c2ccc3ccccc3c2)n1)C1CCN(c2ncccn2)CC1. The molecule has 0 unspecified atom stereocenters. The van der Waals surface area contributed by atoms with Crippen molar-refractivity contribution >= 4 is 22.7 Å². The summed E-state index contributed by atoms with van der Waals surface area (Å²) in [5.41, 5.74) is 2.06. The highest BCUT2D eigenvalue weighted by Crippen LogP contribution is 2.26. The maximum atomic E-state index is 4.88. The molecule has 0 saturated carbocycles. The van der Waals surface area contributed by atoms with Crippen LogP contribution in [0.1, 0.15) is 12.8 Å². The van der Waals surface area contributed by atoms with Crippen molar-refractivity contribution in [1.82, 2.24) is 19.9 Å². The van der Waals surface area contributed by atoms with E-state index >= 15 is 0 Å². The summed E-state index contributed by atoms with van der Waals surface area (Å²) in [7, 11) is 2.10. The first kappa shape index (κ1) is 18.5. The zero-order chi connectivity index (χ0) is 20.3. The standard InChI is InChI=1S/C24H24N6/c1-29(21-10-15-30(16-11-21)23-25-12-4-13-26-23)24-27-14-9-22(28-24)20-8-7-18-5-2-3-6-19(18)17-20/h2-9,12-14,17,21H,10-11,15-16H2,1H3. The van der Waals surface area contributed by atoms with E-state index in [-0.39, 0.29) is 0 Å². The minimum Gasteiger partial charge on any atom is -0.341 e. The average Bonchev–Trinajstić information content (AvgIpc) is 2.84. The van der Waals surface area contributed by atoms with Gasteiger partial charge in [-0.05, 0) is 41.8 Å². The van der Waals surface area contributed by atoms with E-state index in [0.717, 1.165) is 49.1 Å². The highest BCUT2D eigenvalue weighted by molar-refractivity contribution is 5.86. The molecule has 0 spiro atoms. The smallest absolute Gasteiger partial charge is 0.225 e. The molecule has 0 aliphatic carbocycles. The Morgan fingerprint density at radius 1 is 0.833 bits per heavy atom. The summed E-state index contributed by atoms with van der Waals surface area (Å²) < 4.78 is 0. The Hall–Kier alpha value is -3.54. The van der Waals surface area contributed by atoms with Gasteiger partial charge in [0.05, 0.1) is 5.69 Å². The lowest BCUT2D eigenvalue weighted by atomic mass is 10.0. The van der Waals surface area contributed by atoms with Gasteiger partial charge in [0.25, 0.3) is 0 Å². The zero-order valence-electron chi connectivity index (χ0n) is 17.0. The lowest BCUT2D eigenvalue weighted by molar-refractivity contribution is 0.473. The Kier molecular flexibility index (Phi) is 4.97. The molecule has 4 aromatic rings. The third-order valence-corrected chi connectivity index (χ3v) is 5.85. The second-order valence-electron chi connectivity index (χ2n) is 7.68. The van der Waals surface area contributed by atoms with Crippen LogP contribution in [0.25, 0.3) is 22.0 Å². The second-order valence-corrected chi connectivity index (χ2v) is 7.68. The molecule has 1 saturated heterocycles. The fourth-order valence-corrected chi connectivity index (χ4v) is 4.10. The van der Waals surface area contributed by atoms with E-state index in [2.05, 4.69) is 74.3 Å². The summed E-state index contributed by atoms with van der Waals surface area (Å²) in [6, 6.07) is 19.1. The summed E-state index contributed by atoms with van der Waals surface area (Å²) in [5, 5.41) is 2.46. The molecule has 0 amide bonds. The van der Waals surface area contributed by atoms with E-state index in [9.17, 15) is 0 Å². The van der Waals surface area contributed by atoms with Crippen molar-refractivity contribution < 1.29 is 0 Å². The van der Waals surface area contributed by atoms with Crippen molar-refractivity contribution in [3.05, 3.63) is 73.2 Å². The van der Waals surface area contributed by atoms with Crippen molar-refractivity contribution in [2.75, 3.05) is 29.9 Å². The molecule has 150 valence electrons. The quantitative estimate of drug-likeness (QED) is 0.515. The number of aromatic nitrogens is 4. The number of hydrogen-bond donors (Lipinski definition) is 0. The Balaban J connectivity index is 1.32.